The molecule has 0 spiro atoms. The number of carbonyl (C=O) groups excluding carboxylic acids is 1. The van der Waals surface area contributed by atoms with Gasteiger partial charge in [0.25, 0.3) is 0 Å². The molecule has 172 valence electrons. The van der Waals surface area contributed by atoms with E-state index in [1.807, 2.05) is 5.38 Å². The minimum Gasteiger partial charge on any atom is -0.481 e. The van der Waals surface area contributed by atoms with Crippen molar-refractivity contribution in [2.24, 2.45) is 51.3 Å². The maximum Gasteiger partial charge on any atom is 0.338 e. The molecule has 0 saturated heterocycles. The lowest BCUT2D eigenvalue weighted by Crippen LogP contribution is -3.11. The highest BCUT2D eigenvalue weighted by atomic mass is 79.9. The van der Waals surface area contributed by atoms with Crippen LogP contribution in [-0.2, 0) is 14.3 Å². The molecule has 2 N–H and O–H groups in total. The van der Waals surface area contributed by atoms with Gasteiger partial charge in [0.15, 0.2) is 10.8 Å². The Morgan fingerprint density at radius 3 is 2.50 bits per heavy atom. The van der Waals surface area contributed by atoms with Crippen molar-refractivity contribution in [2.45, 2.75) is 6.04 Å². The van der Waals surface area contributed by atoms with Gasteiger partial charge in [-0.1, -0.05) is 12.1 Å². The molecule has 6 aliphatic carbocycles. The normalized spacial score (nSPS) is 43.1. The average Bonchev–Trinajstić information content (AvgIpc) is 3.39. The largest absolute Gasteiger partial charge is 0.481 e. The molecule has 2 heterocycles. The number of ether oxygens (including phenoxy) is 1. The zero-order valence-corrected chi connectivity index (χ0v) is 20.1. The molecule has 0 radical (unpaired) electrons. The molecular formula is C24H17BrFN3O4S. The number of hydrogen-bond donors (Lipinski definition) is 2. The van der Waals surface area contributed by atoms with E-state index in [2.05, 4.69) is 26.2 Å². The van der Waals surface area contributed by atoms with Gasteiger partial charge in [-0.05, 0) is 63.1 Å². The SMILES string of the molecule is COC(=O)C1=C(C23C4C5C2C2C3C4C52C(=O)O)NC(c2nccs2)=NC1c1cccc(F)c1Br. The van der Waals surface area contributed by atoms with E-state index < -0.39 is 29.2 Å². The molecule has 1 atom stereocenters. The van der Waals surface area contributed by atoms with Crippen LogP contribution in [0.5, 0.6) is 0 Å². The molecule has 0 amide bonds. The van der Waals surface area contributed by atoms with Crippen LogP contribution in [-0.4, -0.2) is 35.0 Å². The first-order chi connectivity index (χ1) is 16.4. The number of aliphatic imine (C=N–C) groups is 1. The second kappa shape index (κ2) is 5.79. The first kappa shape index (κ1) is 19.7. The Morgan fingerprint density at radius 1 is 1.21 bits per heavy atom. The molecule has 6 fully saturated rings. The van der Waals surface area contributed by atoms with Crippen LogP contribution in [0.25, 0.3) is 0 Å². The quantitative estimate of drug-likeness (QED) is 0.562. The van der Waals surface area contributed by atoms with E-state index in [9.17, 15) is 19.1 Å². The Kier molecular flexibility index (Phi) is 3.35. The van der Waals surface area contributed by atoms with Crippen LogP contribution >= 0.6 is 27.3 Å². The number of methoxy groups -OCH3 is 1. The molecule has 9 rings (SSSR count). The lowest BCUT2D eigenvalue weighted by atomic mass is 8.92. The van der Waals surface area contributed by atoms with Crippen LogP contribution in [0.3, 0.4) is 0 Å². The Labute approximate surface area is 205 Å². The van der Waals surface area contributed by atoms with Crippen molar-refractivity contribution < 1.29 is 23.8 Å². The summed E-state index contributed by atoms with van der Waals surface area (Å²) in [6.07, 6.45) is 1.69. The summed E-state index contributed by atoms with van der Waals surface area (Å²) in [4.78, 5) is 34.5. The zero-order chi connectivity index (χ0) is 23.3. The summed E-state index contributed by atoms with van der Waals surface area (Å²) in [6, 6.07) is 3.94. The van der Waals surface area contributed by atoms with Crippen molar-refractivity contribution in [3.63, 3.8) is 0 Å². The second-order valence-electron chi connectivity index (χ2n) is 10.1. The van der Waals surface area contributed by atoms with E-state index in [4.69, 9.17) is 9.73 Å². The van der Waals surface area contributed by atoms with Gasteiger partial charge >= 0.3 is 11.9 Å². The molecule has 1 aliphatic heterocycles. The van der Waals surface area contributed by atoms with Gasteiger partial charge in [0.2, 0.25) is 0 Å². The highest BCUT2D eigenvalue weighted by Crippen LogP contribution is 3.11. The molecule has 2 aromatic rings. The first-order valence-electron chi connectivity index (χ1n) is 11.2. The van der Waals surface area contributed by atoms with Gasteiger partial charge < -0.3 is 15.2 Å². The fourth-order valence-electron chi connectivity index (χ4n) is 9.07. The molecule has 10 heteroatoms. The van der Waals surface area contributed by atoms with Crippen molar-refractivity contribution in [3.8, 4) is 0 Å². The number of rotatable bonds is 5. The maximum atomic E-state index is 14.5. The van der Waals surface area contributed by atoms with Gasteiger partial charge in [0.05, 0.1) is 22.6 Å². The van der Waals surface area contributed by atoms with Crippen molar-refractivity contribution in [3.05, 3.63) is 61.9 Å². The monoisotopic (exact) mass is 541 g/mol. The third-order valence-corrected chi connectivity index (χ3v) is 11.4. The Balaban J connectivity index is 1.31. The van der Waals surface area contributed by atoms with E-state index in [0.29, 0.717) is 22.0 Å². The van der Waals surface area contributed by atoms with E-state index in [1.165, 1.54) is 24.5 Å². The van der Waals surface area contributed by atoms with Crippen molar-refractivity contribution in [2.75, 3.05) is 7.11 Å². The number of carboxylic acid groups (broad SMARTS) is 1. The summed E-state index contributed by atoms with van der Waals surface area (Å²) >= 11 is 4.79. The van der Waals surface area contributed by atoms with Crippen LogP contribution in [0.4, 0.5) is 4.39 Å². The van der Waals surface area contributed by atoms with Gasteiger partial charge in [-0.15, -0.1) is 11.3 Å². The summed E-state index contributed by atoms with van der Waals surface area (Å²) in [6.45, 7) is 0. The van der Waals surface area contributed by atoms with Crippen LogP contribution in [0.2, 0.25) is 0 Å². The van der Waals surface area contributed by atoms with E-state index in [0.717, 1.165) is 5.70 Å². The van der Waals surface area contributed by atoms with Crippen LogP contribution in [0, 0.1) is 52.2 Å². The Hall–Kier alpha value is -2.59. The Bertz CT molecular complexity index is 1370. The summed E-state index contributed by atoms with van der Waals surface area (Å²) in [5, 5.41) is 15.9. The highest BCUT2D eigenvalue weighted by molar-refractivity contribution is 9.10. The fraction of sp³-hybridized carbons (Fsp3) is 0.417. The van der Waals surface area contributed by atoms with Gasteiger partial charge in [0, 0.05) is 22.7 Å². The number of halogens is 2. The molecule has 1 aromatic heterocycles. The van der Waals surface area contributed by atoms with Gasteiger partial charge in [0.1, 0.15) is 11.9 Å². The number of nitrogens with one attached hydrogen (secondary N) is 1. The lowest BCUT2D eigenvalue weighted by molar-refractivity contribution is -0.633. The fourth-order valence-corrected chi connectivity index (χ4v) is 10.1. The predicted molar refractivity (Wildman–Crippen MR) is 121 cm³/mol. The number of thiazole rings is 1. The Morgan fingerprint density at radius 2 is 1.91 bits per heavy atom. The minimum atomic E-state index is -0.776. The van der Waals surface area contributed by atoms with Gasteiger partial charge in [-0.2, -0.15) is 0 Å². The number of aromatic nitrogens is 1. The summed E-state index contributed by atoms with van der Waals surface area (Å²) in [7, 11) is 1.34. The van der Waals surface area contributed by atoms with Gasteiger partial charge in [-0.3, -0.25) is 9.79 Å². The van der Waals surface area contributed by atoms with Crippen LogP contribution < -0.4 is 5.32 Å². The smallest absolute Gasteiger partial charge is 0.338 e. The summed E-state index contributed by atoms with van der Waals surface area (Å²) in [5.41, 5.74) is 0.946. The average molecular weight is 542 g/mol. The minimum absolute atomic E-state index is 0.194. The number of esters is 1. The summed E-state index contributed by atoms with van der Waals surface area (Å²) < 4.78 is 20.0. The predicted octanol–water partition coefficient (Wildman–Crippen LogP) is 3.39. The number of carbonyl (C=O) groups is 2. The van der Waals surface area contributed by atoms with Crippen LogP contribution in [0.1, 0.15) is 16.6 Å². The molecule has 34 heavy (non-hydrogen) atoms. The number of aliphatic carboxylic acids is 1. The highest BCUT2D eigenvalue weighted by Gasteiger charge is 3.12. The van der Waals surface area contributed by atoms with Crippen LogP contribution in [0.15, 0.2) is 50.5 Å². The summed E-state index contributed by atoms with van der Waals surface area (Å²) in [5.74, 6) is 0.309. The molecular weight excluding hydrogens is 525 g/mol. The number of nitrogens with zero attached hydrogens (tertiary/aromatic N) is 2. The number of hydrogen-bond acceptors (Lipinski definition) is 7. The van der Waals surface area contributed by atoms with E-state index in [1.54, 1.807) is 18.3 Å². The zero-order valence-electron chi connectivity index (χ0n) is 17.7. The number of allylic oxidation sites excluding steroid dienone is 1. The molecule has 1 unspecified atom stereocenters. The molecule has 6 saturated carbocycles. The molecule has 0 bridgehead atoms. The second-order valence-corrected chi connectivity index (χ2v) is 11.8. The van der Waals surface area contributed by atoms with Crippen molar-refractivity contribution in [1.82, 2.24) is 10.3 Å². The number of amidine groups is 1. The molecule has 1 aromatic carbocycles. The topological polar surface area (TPSA) is 101 Å². The third-order valence-electron chi connectivity index (χ3n) is 9.79. The van der Waals surface area contributed by atoms with Gasteiger partial charge in [-0.25, -0.2) is 14.2 Å². The molecule has 7 aliphatic rings. The molecule has 7 nitrogen and oxygen atoms in total. The van der Waals surface area contributed by atoms with E-state index in [-0.39, 0.29) is 45.4 Å². The van der Waals surface area contributed by atoms with E-state index >= 15 is 0 Å². The standard InChI is InChI=1S/C24H17BrFN3O4S/c1-33-21(30)9-17(7-3-2-4-8(26)16(7)25)28-19(20-27-5-6-34-20)29-18(9)23-10-13-11(23)15-12(23)14(10)24(13,15)22(31)32/h2-6,10-15,17H,1H3,(H,28,29)(H,31,32). The lowest BCUT2D eigenvalue weighted by Gasteiger charge is -3.10. The number of benzene rings is 1. The van der Waals surface area contributed by atoms with Crippen molar-refractivity contribution >= 4 is 45.0 Å². The third kappa shape index (κ3) is 1.64. The maximum absolute atomic E-state index is 14.5. The number of carboxylic acids is 1. The first-order valence-corrected chi connectivity index (χ1v) is 12.8. The van der Waals surface area contributed by atoms with Crippen molar-refractivity contribution in [1.29, 1.82) is 0 Å².